The van der Waals surface area contributed by atoms with Gasteiger partial charge in [-0.15, -0.1) is 0 Å². The molecule has 148 valence electrons. The zero-order valence-corrected chi connectivity index (χ0v) is 19.1. The van der Waals surface area contributed by atoms with E-state index >= 15 is 0 Å². The van der Waals surface area contributed by atoms with E-state index in [1.54, 1.807) is 0 Å². The summed E-state index contributed by atoms with van der Waals surface area (Å²) in [5.74, 6) is -0.198. The highest BCUT2D eigenvalue weighted by atomic mass is 28.4. The summed E-state index contributed by atoms with van der Waals surface area (Å²) in [5.41, 5.74) is -0.559. The molecule has 0 aromatic carbocycles. The lowest BCUT2D eigenvalue weighted by Gasteiger charge is -2.36. The van der Waals surface area contributed by atoms with Crippen molar-refractivity contribution in [2.45, 2.75) is 98.4 Å². The number of hydrogen-bond donors (Lipinski definition) is 0. The molecule has 0 aliphatic rings. The van der Waals surface area contributed by atoms with Crippen molar-refractivity contribution in [2.75, 3.05) is 6.61 Å². The maximum absolute atomic E-state index is 12.6. The van der Waals surface area contributed by atoms with Crippen LogP contribution in [0.5, 0.6) is 0 Å². The fourth-order valence-electron chi connectivity index (χ4n) is 2.32. The van der Waals surface area contributed by atoms with Crippen LogP contribution in [-0.2, 0) is 18.8 Å². The summed E-state index contributed by atoms with van der Waals surface area (Å²) in [5, 5.41) is 0.154. The molecule has 0 saturated heterocycles. The van der Waals surface area contributed by atoms with Gasteiger partial charge < -0.3 is 9.16 Å². The highest BCUT2D eigenvalue weighted by Gasteiger charge is 2.37. The molecule has 0 aliphatic heterocycles. The number of ether oxygens (including phenoxy) is 1. The summed E-state index contributed by atoms with van der Waals surface area (Å²) in [7, 11) is -1.81. The van der Waals surface area contributed by atoms with Gasteiger partial charge in [0.2, 0.25) is 0 Å². The van der Waals surface area contributed by atoms with E-state index in [0.29, 0.717) is 18.9 Å². The van der Waals surface area contributed by atoms with Gasteiger partial charge in [-0.25, -0.2) is 0 Å². The summed E-state index contributed by atoms with van der Waals surface area (Å²) in [4.78, 5) is 24.5. The van der Waals surface area contributed by atoms with Gasteiger partial charge in [0.25, 0.3) is 0 Å². The van der Waals surface area contributed by atoms with Gasteiger partial charge in [0.1, 0.15) is 17.8 Å². The van der Waals surface area contributed by atoms with Gasteiger partial charge in [-0.05, 0) is 57.7 Å². The van der Waals surface area contributed by atoms with Crippen LogP contribution in [-0.4, -0.2) is 32.3 Å². The van der Waals surface area contributed by atoms with Crippen molar-refractivity contribution in [3.05, 3.63) is 0 Å². The summed E-state index contributed by atoms with van der Waals surface area (Å²) in [6, 6.07) is 0. The molecular weight excluding hydrogens is 332 g/mol. The van der Waals surface area contributed by atoms with Crippen LogP contribution in [0.15, 0.2) is 0 Å². The SMILES string of the molecule is CC(C)CC(CCO[Si](C)(C)C(C)(C)C)C(=O)CC(=O)OC(C)(C)C. The first-order valence-electron chi connectivity index (χ1n) is 9.43. The quantitative estimate of drug-likeness (QED) is 0.310. The van der Waals surface area contributed by atoms with Gasteiger partial charge in [0, 0.05) is 12.5 Å². The van der Waals surface area contributed by atoms with Crippen LogP contribution >= 0.6 is 0 Å². The average molecular weight is 373 g/mol. The molecule has 0 amide bonds. The Morgan fingerprint density at radius 2 is 1.52 bits per heavy atom. The van der Waals surface area contributed by atoms with Crippen LogP contribution in [0, 0.1) is 11.8 Å². The molecule has 0 radical (unpaired) electrons. The minimum Gasteiger partial charge on any atom is -0.460 e. The zero-order chi connectivity index (χ0) is 20.1. The Hall–Kier alpha value is -0.683. The average Bonchev–Trinajstić information content (AvgIpc) is 2.32. The third-order valence-corrected chi connectivity index (χ3v) is 9.22. The molecule has 0 spiro atoms. The molecular formula is C20H40O4Si. The second kappa shape index (κ2) is 9.31. The van der Waals surface area contributed by atoms with E-state index in [0.717, 1.165) is 6.42 Å². The predicted molar refractivity (Wildman–Crippen MR) is 106 cm³/mol. The smallest absolute Gasteiger partial charge is 0.313 e. The Morgan fingerprint density at radius 3 is 1.92 bits per heavy atom. The fourth-order valence-corrected chi connectivity index (χ4v) is 3.38. The second-order valence-electron chi connectivity index (χ2n) is 9.95. The van der Waals surface area contributed by atoms with Crippen molar-refractivity contribution in [3.8, 4) is 0 Å². The number of Topliss-reactive ketones (excluding diaryl/α,β-unsaturated/α-hetero) is 1. The molecule has 0 aromatic heterocycles. The molecule has 0 aliphatic carbocycles. The van der Waals surface area contributed by atoms with Crippen LogP contribution < -0.4 is 0 Å². The predicted octanol–water partition coefficient (Wildman–Crippen LogP) is 5.36. The number of ketones is 1. The van der Waals surface area contributed by atoms with Crippen molar-refractivity contribution >= 4 is 20.1 Å². The molecule has 5 heteroatoms. The molecule has 0 heterocycles. The maximum Gasteiger partial charge on any atom is 0.313 e. The zero-order valence-electron chi connectivity index (χ0n) is 18.1. The third-order valence-electron chi connectivity index (χ3n) is 4.69. The Kier molecular flexibility index (Phi) is 9.06. The highest BCUT2D eigenvalue weighted by Crippen LogP contribution is 2.36. The summed E-state index contributed by atoms with van der Waals surface area (Å²) < 4.78 is 11.5. The third kappa shape index (κ3) is 10.1. The number of rotatable bonds is 9. The lowest BCUT2D eigenvalue weighted by Crippen LogP contribution is -2.41. The van der Waals surface area contributed by atoms with Crippen LogP contribution in [0.4, 0.5) is 0 Å². The molecule has 0 bridgehead atoms. The van der Waals surface area contributed by atoms with E-state index in [9.17, 15) is 9.59 Å². The van der Waals surface area contributed by atoms with E-state index in [1.165, 1.54) is 0 Å². The molecule has 0 rings (SSSR count). The van der Waals surface area contributed by atoms with Crippen molar-refractivity contribution in [1.82, 2.24) is 0 Å². The number of carbonyl (C=O) groups excluding carboxylic acids is 2. The van der Waals surface area contributed by atoms with Crippen LogP contribution in [0.2, 0.25) is 18.1 Å². The summed E-state index contributed by atoms with van der Waals surface area (Å²) in [6.07, 6.45) is 1.31. The topological polar surface area (TPSA) is 52.6 Å². The van der Waals surface area contributed by atoms with Gasteiger partial charge in [-0.3, -0.25) is 9.59 Å². The number of esters is 1. The van der Waals surface area contributed by atoms with E-state index < -0.39 is 19.9 Å². The van der Waals surface area contributed by atoms with Crippen LogP contribution in [0.3, 0.4) is 0 Å². The van der Waals surface area contributed by atoms with Crippen LogP contribution in [0.25, 0.3) is 0 Å². The van der Waals surface area contributed by atoms with E-state index in [4.69, 9.17) is 9.16 Å². The van der Waals surface area contributed by atoms with E-state index in [1.807, 2.05) is 20.8 Å². The first kappa shape index (κ1) is 24.3. The standard InChI is InChI=1S/C20H40O4Si/c1-15(2)13-16(11-12-23-25(9,10)20(6,7)8)17(21)14-18(22)24-19(3,4)5/h15-16H,11-14H2,1-10H3. The molecule has 0 N–H and O–H groups in total. The second-order valence-corrected chi connectivity index (χ2v) is 14.8. The van der Waals surface area contributed by atoms with Crippen molar-refractivity contribution in [2.24, 2.45) is 11.8 Å². The molecule has 1 atom stereocenters. The largest absolute Gasteiger partial charge is 0.460 e. The normalized spacial score (nSPS) is 14.5. The Morgan fingerprint density at radius 1 is 1.00 bits per heavy atom. The molecule has 0 fully saturated rings. The lowest BCUT2D eigenvalue weighted by atomic mass is 9.89. The minimum absolute atomic E-state index is 0.0261. The monoisotopic (exact) mass is 372 g/mol. The molecule has 0 aromatic rings. The Bertz CT molecular complexity index is 442. The van der Waals surface area contributed by atoms with E-state index in [-0.39, 0.29) is 23.2 Å². The lowest BCUT2D eigenvalue weighted by molar-refractivity contribution is -0.156. The highest BCUT2D eigenvalue weighted by molar-refractivity contribution is 6.74. The Balaban J connectivity index is 4.75. The molecule has 1 unspecified atom stereocenters. The first-order valence-corrected chi connectivity index (χ1v) is 12.3. The minimum atomic E-state index is -1.81. The Labute approximate surface area is 156 Å². The van der Waals surface area contributed by atoms with Crippen molar-refractivity contribution in [1.29, 1.82) is 0 Å². The maximum atomic E-state index is 12.6. The molecule has 25 heavy (non-hydrogen) atoms. The van der Waals surface area contributed by atoms with Crippen molar-refractivity contribution < 1.29 is 18.8 Å². The van der Waals surface area contributed by atoms with Gasteiger partial charge in [-0.2, -0.15) is 0 Å². The first-order chi connectivity index (χ1) is 11.0. The molecule has 0 saturated carbocycles. The van der Waals surface area contributed by atoms with Gasteiger partial charge in [0.15, 0.2) is 8.32 Å². The number of hydrogen-bond acceptors (Lipinski definition) is 4. The number of carbonyl (C=O) groups is 2. The van der Waals surface area contributed by atoms with Gasteiger partial charge in [0.05, 0.1) is 0 Å². The van der Waals surface area contributed by atoms with Crippen molar-refractivity contribution in [3.63, 3.8) is 0 Å². The fraction of sp³-hybridized carbons (Fsp3) is 0.900. The summed E-state index contributed by atoms with van der Waals surface area (Å²) in [6.45, 7) is 21.3. The van der Waals surface area contributed by atoms with Gasteiger partial charge >= 0.3 is 5.97 Å². The van der Waals surface area contributed by atoms with Gasteiger partial charge in [-0.1, -0.05) is 34.6 Å². The molecule has 4 nitrogen and oxygen atoms in total. The van der Waals surface area contributed by atoms with E-state index in [2.05, 4.69) is 47.7 Å². The summed E-state index contributed by atoms with van der Waals surface area (Å²) >= 11 is 0. The van der Waals surface area contributed by atoms with Crippen LogP contribution in [0.1, 0.15) is 74.7 Å².